The SMILES string of the molecule is O=C(C1CC(F)(F)C1)N1CCCO1. The highest BCUT2D eigenvalue weighted by atomic mass is 19.3. The van der Waals surface area contributed by atoms with Crippen LogP contribution in [-0.2, 0) is 9.63 Å². The van der Waals surface area contributed by atoms with Crippen LogP contribution in [0.1, 0.15) is 19.3 Å². The molecule has 2 aliphatic rings. The minimum Gasteiger partial charge on any atom is -0.272 e. The minimum absolute atomic E-state index is 0.275. The molecular weight excluding hydrogens is 180 g/mol. The van der Waals surface area contributed by atoms with Gasteiger partial charge in [-0.3, -0.25) is 9.63 Å². The first-order valence-corrected chi connectivity index (χ1v) is 4.41. The third kappa shape index (κ3) is 1.65. The predicted octanol–water partition coefficient (Wildman–Crippen LogP) is 1.20. The van der Waals surface area contributed by atoms with Crippen LogP contribution in [0.3, 0.4) is 0 Å². The van der Waals surface area contributed by atoms with Crippen LogP contribution in [-0.4, -0.2) is 30.0 Å². The summed E-state index contributed by atoms with van der Waals surface area (Å²) in [5.74, 6) is -3.42. The van der Waals surface area contributed by atoms with E-state index in [9.17, 15) is 13.6 Å². The number of halogens is 2. The lowest BCUT2D eigenvalue weighted by atomic mass is 9.80. The van der Waals surface area contributed by atoms with Gasteiger partial charge in [-0.1, -0.05) is 0 Å². The van der Waals surface area contributed by atoms with E-state index < -0.39 is 11.8 Å². The zero-order chi connectivity index (χ0) is 9.47. The van der Waals surface area contributed by atoms with Crippen LogP contribution in [0.5, 0.6) is 0 Å². The highest BCUT2D eigenvalue weighted by Crippen LogP contribution is 2.43. The van der Waals surface area contributed by atoms with Crippen molar-refractivity contribution in [3.05, 3.63) is 0 Å². The first kappa shape index (κ1) is 8.87. The van der Waals surface area contributed by atoms with E-state index in [0.717, 1.165) is 6.42 Å². The molecule has 0 N–H and O–H groups in total. The van der Waals surface area contributed by atoms with Gasteiger partial charge in [0.1, 0.15) is 0 Å². The Morgan fingerprint density at radius 1 is 1.46 bits per heavy atom. The third-order valence-electron chi connectivity index (χ3n) is 2.44. The Bertz CT molecular complexity index is 218. The molecule has 1 aliphatic heterocycles. The molecule has 0 atom stereocenters. The van der Waals surface area contributed by atoms with E-state index in [1.54, 1.807) is 0 Å². The molecule has 0 aromatic rings. The smallest absolute Gasteiger partial charge is 0.249 e. The topological polar surface area (TPSA) is 29.5 Å². The summed E-state index contributed by atoms with van der Waals surface area (Å²) in [4.78, 5) is 16.4. The van der Waals surface area contributed by atoms with Crippen molar-refractivity contribution < 1.29 is 18.4 Å². The van der Waals surface area contributed by atoms with E-state index >= 15 is 0 Å². The van der Waals surface area contributed by atoms with Crippen molar-refractivity contribution in [2.45, 2.75) is 25.2 Å². The molecular formula is C8H11F2NO2. The maximum Gasteiger partial charge on any atom is 0.249 e. The fourth-order valence-corrected chi connectivity index (χ4v) is 1.66. The molecule has 0 spiro atoms. The van der Waals surface area contributed by atoms with Crippen LogP contribution in [0.4, 0.5) is 8.78 Å². The van der Waals surface area contributed by atoms with Crippen molar-refractivity contribution in [3.63, 3.8) is 0 Å². The second kappa shape index (κ2) is 2.90. The largest absolute Gasteiger partial charge is 0.272 e. The molecule has 0 radical (unpaired) electrons. The Kier molecular flexibility index (Phi) is 1.98. The van der Waals surface area contributed by atoms with E-state index in [1.807, 2.05) is 0 Å². The molecule has 0 aromatic heterocycles. The lowest BCUT2D eigenvalue weighted by Gasteiger charge is -2.35. The van der Waals surface area contributed by atoms with Crippen LogP contribution in [0, 0.1) is 5.92 Å². The van der Waals surface area contributed by atoms with Gasteiger partial charge < -0.3 is 0 Å². The van der Waals surface area contributed by atoms with Crippen molar-refractivity contribution in [3.8, 4) is 0 Å². The molecule has 0 unspecified atom stereocenters. The molecule has 2 fully saturated rings. The highest BCUT2D eigenvalue weighted by Gasteiger charge is 2.50. The molecule has 1 amide bonds. The molecule has 0 aromatic carbocycles. The summed E-state index contributed by atoms with van der Waals surface area (Å²) >= 11 is 0. The molecule has 3 nitrogen and oxygen atoms in total. The second-order valence-corrected chi connectivity index (χ2v) is 3.59. The first-order chi connectivity index (χ1) is 6.08. The van der Waals surface area contributed by atoms with Gasteiger partial charge in [-0.25, -0.2) is 13.8 Å². The summed E-state index contributed by atoms with van der Waals surface area (Å²) in [6, 6.07) is 0. The number of carbonyl (C=O) groups excluding carboxylic acids is 1. The molecule has 13 heavy (non-hydrogen) atoms. The third-order valence-corrected chi connectivity index (χ3v) is 2.44. The summed E-state index contributed by atoms with van der Waals surface area (Å²) in [5.41, 5.74) is 0. The maximum atomic E-state index is 12.4. The Morgan fingerprint density at radius 2 is 2.15 bits per heavy atom. The van der Waals surface area contributed by atoms with Gasteiger partial charge >= 0.3 is 0 Å². The van der Waals surface area contributed by atoms with Crippen LogP contribution >= 0.6 is 0 Å². The van der Waals surface area contributed by atoms with Gasteiger partial charge in [-0.2, -0.15) is 0 Å². The van der Waals surface area contributed by atoms with Crippen LogP contribution in [0.25, 0.3) is 0 Å². The molecule has 1 aliphatic carbocycles. The molecule has 1 saturated heterocycles. The summed E-state index contributed by atoms with van der Waals surface area (Å²) in [7, 11) is 0. The predicted molar refractivity (Wildman–Crippen MR) is 40.0 cm³/mol. The Hall–Kier alpha value is -0.710. The fourth-order valence-electron chi connectivity index (χ4n) is 1.66. The molecule has 2 rings (SSSR count). The summed E-state index contributed by atoms with van der Waals surface area (Å²) < 4.78 is 24.8. The van der Waals surface area contributed by atoms with Crippen molar-refractivity contribution in [1.82, 2.24) is 5.06 Å². The summed E-state index contributed by atoms with van der Waals surface area (Å²) in [6.45, 7) is 1.07. The fraction of sp³-hybridized carbons (Fsp3) is 0.875. The van der Waals surface area contributed by atoms with Gasteiger partial charge in [0, 0.05) is 12.8 Å². The Labute approximate surface area is 74.6 Å². The first-order valence-electron chi connectivity index (χ1n) is 4.41. The van der Waals surface area contributed by atoms with Crippen molar-refractivity contribution in [2.24, 2.45) is 5.92 Å². The van der Waals surface area contributed by atoms with Crippen LogP contribution in [0.15, 0.2) is 0 Å². The second-order valence-electron chi connectivity index (χ2n) is 3.59. The van der Waals surface area contributed by atoms with Gasteiger partial charge in [-0.15, -0.1) is 0 Å². The summed E-state index contributed by atoms with van der Waals surface area (Å²) in [5, 5.41) is 1.22. The van der Waals surface area contributed by atoms with E-state index in [0.29, 0.717) is 13.2 Å². The van der Waals surface area contributed by atoms with Gasteiger partial charge in [-0.05, 0) is 6.42 Å². The van der Waals surface area contributed by atoms with Gasteiger partial charge in [0.2, 0.25) is 11.8 Å². The number of carbonyl (C=O) groups is 1. The van der Waals surface area contributed by atoms with Crippen LogP contribution in [0.2, 0.25) is 0 Å². The average Bonchev–Trinajstić information content (AvgIpc) is 2.50. The summed E-state index contributed by atoms with van der Waals surface area (Å²) in [6.07, 6.45) is 0.173. The highest BCUT2D eigenvalue weighted by molar-refractivity contribution is 5.79. The lowest BCUT2D eigenvalue weighted by molar-refractivity contribution is -0.191. The van der Waals surface area contributed by atoms with Gasteiger partial charge in [0.15, 0.2) is 0 Å². The number of hydrogen-bond donors (Lipinski definition) is 0. The van der Waals surface area contributed by atoms with E-state index in [4.69, 9.17) is 4.84 Å². The van der Waals surface area contributed by atoms with Crippen molar-refractivity contribution in [2.75, 3.05) is 13.2 Å². The minimum atomic E-state index is -2.62. The normalized spacial score (nSPS) is 27.4. The van der Waals surface area contributed by atoms with E-state index in [-0.39, 0.29) is 18.7 Å². The number of amides is 1. The standard InChI is InChI=1S/C8H11F2NO2/c9-8(10)4-6(5-8)7(12)11-2-1-3-13-11/h6H,1-5H2. The molecule has 1 saturated carbocycles. The van der Waals surface area contributed by atoms with E-state index in [1.165, 1.54) is 5.06 Å². The zero-order valence-electron chi connectivity index (χ0n) is 7.13. The quantitative estimate of drug-likeness (QED) is 0.623. The van der Waals surface area contributed by atoms with Crippen molar-refractivity contribution in [1.29, 1.82) is 0 Å². The maximum absolute atomic E-state index is 12.4. The number of nitrogens with zero attached hydrogens (tertiary/aromatic N) is 1. The van der Waals surface area contributed by atoms with Crippen molar-refractivity contribution >= 4 is 5.91 Å². The molecule has 1 heterocycles. The average molecular weight is 191 g/mol. The number of rotatable bonds is 1. The van der Waals surface area contributed by atoms with E-state index in [2.05, 4.69) is 0 Å². The zero-order valence-corrected chi connectivity index (χ0v) is 7.13. The monoisotopic (exact) mass is 191 g/mol. The lowest BCUT2D eigenvalue weighted by Crippen LogP contribution is -2.45. The molecule has 0 bridgehead atoms. The molecule has 74 valence electrons. The Morgan fingerprint density at radius 3 is 2.62 bits per heavy atom. The number of alkyl halides is 2. The Balaban J connectivity index is 1.85. The van der Waals surface area contributed by atoms with Gasteiger partial charge in [0.05, 0.1) is 19.1 Å². The number of hydrogen-bond acceptors (Lipinski definition) is 2. The van der Waals surface area contributed by atoms with Crippen LogP contribution < -0.4 is 0 Å². The number of hydroxylamine groups is 2. The molecule has 5 heteroatoms. The van der Waals surface area contributed by atoms with Gasteiger partial charge in [0.25, 0.3) is 0 Å².